The van der Waals surface area contributed by atoms with Gasteiger partial charge < -0.3 is 14.6 Å². The third-order valence-electron chi connectivity index (χ3n) is 3.39. The molecule has 0 atom stereocenters. The lowest BCUT2D eigenvalue weighted by molar-refractivity contribution is 0.199. The lowest BCUT2D eigenvalue weighted by Crippen LogP contribution is -2.21. The summed E-state index contributed by atoms with van der Waals surface area (Å²) >= 11 is 0. The first kappa shape index (κ1) is 14.1. The Labute approximate surface area is 115 Å². The molecule has 0 aliphatic heterocycles. The minimum Gasteiger partial charge on any atom is -0.383 e. The maximum atomic E-state index is 5.03. The SMILES string of the molecule is CCCn1cc(CCNCCOC)c2ccccc21. The average Bonchev–Trinajstić information content (AvgIpc) is 2.78. The monoisotopic (exact) mass is 260 g/mol. The topological polar surface area (TPSA) is 26.2 Å². The molecule has 3 nitrogen and oxygen atoms in total. The molecule has 0 bridgehead atoms. The summed E-state index contributed by atoms with van der Waals surface area (Å²) in [7, 11) is 1.74. The molecule has 1 heterocycles. The molecule has 0 aliphatic rings. The number of nitrogens with zero attached hydrogens (tertiary/aromatic N) is 1. The first-order valence-corrected chi connectivity index (χ1v) is 7.13. The van der Waals surface area contributed by atoms with Crippen molar-refractivity contribution in [1.82, 2.24) is 9.88 Å². The Hall–Kier alpha value is -1.32. The fraction of sp³-hybridized carbons (Fsp3) is 0.500. The number of benzene rings is 1. The van der Waals surface area contributed by atoms with Gasteiger partial charge in [-0.3, -0.25) is 0 Å². The van der Waals surface area contributed by atoms with Crippen LogP contribution in [0.15, 0.2) is 30.5 Å². The van der Waals surface area contributed by atoms with Crippen LogP contribution < -0.4 is 5.32 Å². The van der Waals surface area contributed by atoms with Gasteiger partial charge in [0.25, 0.3) is 0 Å². The number of para-hydroxylation sites is 1. The molecule has 2 rings (SSSR count). The Morgan fingerprint density at radius 1 is 1.21 bits per heavy atom. The van der Waals surface area contributed by atoms with Crippen LogP contribution in [0.5, 0.6) is 0 Å². The van der Waals surface area contributed by atoms with Gasteiger partial charge in [-0.2, -0.15) is 0 Å². The number of hydrogen-bond donors (Lipinski definition) is 1. The normalized spacial score (nSPS) is 11.3. The molecule has 104 valence electrons. The van der Waals surface area contributed by atoms with Crippen molar-refractivity contribution in [1.29, 1.82) is 0 Å². The largest absolute Gasteiger partial charge is 0.383 e. The standard InChI is InChI=1S/C16H24N2O/c1-3-11-18-13-14(8-9-17-10-12-19-2)15-6-4-5-7-16(15)18/h4-7,13,17H,3,8-12H2,1-2H3. The molecule has 0 saturated carbocycles. The fourth-order valence-corrected chi connectivity index (χ4v) is 2.47. The van der Waals surface area contributed by atoms with Gasteiger partial charge in [0.1, 0.15) is 0 Å². The fourth-order valence-electron chi connectivity index (χ4n) is 2.47. The van der Waals surface area contributed by atoms with Crippen molar-refractivity contribution in [2.24, 2.45) is 0 Å². The molecule has 0 fully saturated rings. The third kappa shape index (κ3) is 3.58. The first-order chi connectivity index (χ1) is 9.36. The number of fused-ring (bicyclic) bond motifs is 1. The Morgan fingerprint density at radius 2 is 2.05 bits per heavy atom. The second kappa shape index (κ2) is 7.31. The smallest absolute Gasteiger partial charge is 0.0587 e. The molecule has 0 unspecified atom stereocenters. The van der Waals surface area contributed by atoms with E-state index in [0.717, 1.165) is 32.7 Å². The zero-order valence-electron chi connectivity index (χ0n) is 12.0. The number of methoxy groups -OCH3 is 1. The molecule has 19 heavy (non-hydrogen) atoms. The van der Waals surface area contributed by atoms with Crippen LogP contribution in [0.3, 0.4) is 0 Å². The van der Waals surface area contributed by atoms with Crippen LogP contribution in [0, 0.1) is 0 Å². The van der Waals surface area contributed by atoms with E-state index in [1.165, 1.54) is 22.9 Å². The molecule has 0 saturated heterocycles. The van der Waals surface area contributed by atoms with Crippen molar-refractivity contribution in [3.63, 3.8) is 0 Å². The molecular formula is C16H24N2O. The minimum atomic E-state index is 0.775. The maximum absolute atomic E-state index is 5.03. The van der Waals surface area contributed by atoms with Crippen LogP contribution in [0.1, 0.15) is 18.9 Å². The second-order valence-corrected chi connectivity index (χ2v) is 4.86. The Kier molecular flexibility index (Phi) is 5.43. The number of aryl methyl sites for hydroxylation is 1. The van der Waals surface area contributed by atoms with Gasteiger partial charge in [-0.15, -0.1) is 0 Å². The van der Waals surface area contributed by atoms with Crippen molar-refractivity contribution >= 4 is 10.9 Å². The minimum absolute atomic E-state index is 0.775. The first-order valence-electron chi connectivity index (χ1n) is 7.13. The van der Waals surface area contributed by atoms with Crippen LogP contribution in [0.2, 0.25) is 0 Å². The van der Waals surface area contributed by atoms with Crippen molar-refractivity contribution in [2.45, 2.75) is 26.3 Å². The van der Waals surface area contributed by atoms with E-state index >= 15 is 0 Å². The quantitative estimate of drug-likeness (QED) is 0.739. The van der Waals surface area contributed by atoms with Crippen LogP contribution >= 0.6 is 0 Å². The molecule has 0 aliphatic carbocycles. The number of aromatic nitrogens is 1. The maximum Gasteiger partial charge on any atom is 0.0587 e. The highest BCUT2D eigenvalue weighted by molar-refractivity contribution is 5.84. The Bertz CT molecular complexity index is 504. The number of nitrogens with one attached hydrogen (secondary N) is 1. The summed E-state index contributed by atoms with van der Waals surface area (Å²) in [5.41, 5.74) is 2.80. The van der Waals surface area contributed by atoms with Crippen molar-refractivity contribution in [3.8, 4) is 0 Å². The molecule has 2 aromatic rings. The Morgan fingerprint density at radius 3 is 2.84 bits per heavy atom. The number of ether oxygens (including phenoxy) is 1. The van der Waals surface area contributed by atoms with Crippen molar-refractivity contribution in [2.75, 3.05) is 26.8 Å². The van der Waals surface area contributed by atoms with E-state index in [1.54, 1.807) is 7.11 Å². The zero-order valence-corrected chi connectivity index (χ0v) is 12.0. The predicted molar refractivity (Wildman–Crippen MR) is 80.7 cm³/mol. The summed E-state index contributed by atoms with van der Waals surface area (Å²) in [4.78, 5) is 0. The molecule has 0 amide bonds. The highest BCUT2D eigenvalue weighted by Crippen LogP contribution is 2.21. The summed E-state index contributed by atoms with van der Waals surface area (Å²) in [6.45, 7) is 6.02. The molecular weight excluding hydrogens is 236 g/mol. The van der Waals surface area contributed by atoms with Gasteiger partial charge in [0, 0.05) is 37.3 Å². The Balaban J connectivity index is 2.05. The van der Waals surface area contributed by atoms with E-state index in [9.17, 15) is 0 Å². The highest BCUT2D eigenvalue weighted by Gasteiger charge is 2.06. The summed E-state index contributed by atoms with van der Waals surface area (Å²) < 4.78 is 7.41. The predicted octanol–water partition coefficient (Wildman–Crippen LogP) is 2.83. The van der Waals surface area contributed by atoms with Gasteiger partial charge in [0.2, 0.25) is 0 Å². The summed E-state index contributed by atoms with van der Waals surface area (Å²) in [5, 5.41) is 4.80. The molecule has 0 radical (unpaired) electrons. The number of rotatable bonds is 8. The number of hydrogen-bond acceptors (Lipinski definition) is 2. The summed E-state index contributed by atoms with van der Waals surface area (Å²) in [6.07, 6.45) is 4.55. The van der Waals surface area contributed by atoms with E-state index in [2.05, 4.69) is 47.3 Å². The molecule has 1 aromatic carbocycles. The van der Waals surface area contributed by atoms with Gasteiger partial charge in [0.05, 0.1) is 6.61 Å². The van der Waals surface area contributed by atoms with Gasteiger partial charge in [-0.05, 0) is 31.0 Å². The lowest BCUT2D eigenvalue weighted by Gasteiger charge is -2.03. The van der Waals surface area contributed by atoms with Crippen molar-refractivity contribution in [3.05, 3.63) is 36.0 Å². The summed E-state index contributed by atoms with van der Waals surface area (Å²) in [6, 6.07) is 8.69. The summed E-state index contributed by atoms with van der Waals surface area (Å²) in [5.74, 6) is 0. The van der Waals surface area contributed by atoms with Gasteiger partial charge >= 0.3 is 0 Å². The molecule has 0 spiro atoms. The van der Waals surface area contributed by atoms with Crippen LogP contribution in [-0.2, 0) is 17.7 Å². The highest BCUT2D eigenvalue weighted by atomic mass is 16.5. The van der Waals surface area contributed by atoms with Gasteiger partial charge in [-0.25, -0.2) is 0 Å². The molecule has 1 aromatic heterocycles. The van der Waals surface area contributed by atoms with Crippen molar-refractivity contribution < 1.29 is 4.74 Å². The van der Waals surface area contributed by atoms with Crippen LogP contribution in [0.25, 0.3) is 10.9 Å². The van der Waals surface area contributed by atoms with Crippen LogP contribution in [-0.4, -0.2) is 31.4 Å². The van der Waals surface area contributed by atoms with E-state index in [1.807, 2.05) is 0 Å². The zero-order chi connectivity index (χ0) is 13.5. The molecule has 3 heteroatoms. The van der Waals surface area contributed by atoms with Crippen LogP contribution in [0.4, 0.5) is 0 Å². The van der Waals surface area contributed by atoms with Gasteiger partial charge in [-0.1, -0.05) is 25.1 Å². The second-order valence-electron chi connectivity index (χ2n) is 4.86. The van der Waals surface area contributed by atoms with Gasteiger partial charge in [0.15, 0.2) is 0 Å². The lowest BCUT2D eigenvalue weighted by atomic mass is 10.1. The third-order valence-corrected chi connectivity index (χ3v) is 3.39. The average molecular weight is 260 g/mol. The van der Waals surface area contributed by atoms with E-state index < -0.39 is 0 Å². The van der Waals surface area contributed by atoms with E-state index in [4.69, 9.17) is 4.74 Å². The van der Waals surface area contributed by atoms with E-state index in [-0.39, 0.29) is 0 Å². The van der Waals surface area contributed by atoms with E-state index in [0.29, 0.717) is 0 Å². The molecule has 1 N–H and O–H groups in total.